The summed E-state index contributed by atoms with van der Waals surface area (Å²) in [6, 6.07) is 7.38. The quantitative estimate of drug-likeness (QED) is 0.703. The van der Waals surface area contributed by atoms with Crippen LogP contribution in [0.5, 0.6) is 0 Å². The van der Waals surface area contributed by atoms with E-state index in [0.29, 0.717) is 16.2 Å². The smallest absolute Gasteiger partial charge is 0.255 e. The average molecular weight is 322 g/mol. The predicted octanol–water partition coefficient (Wildman–Crippen LogP) is 3.92. The molecule has 0 bridgehead atoms. The Morgan fingerprint density at radius 3 is 2.90 bits per heavy atom. The van der Waals surface area contributed by atoms with E-state index < -0.39 is 11.7 Å². The molecule has 1 aromatic heterocycles. The van der Waals surface area contributed by atoms with Crippen LogP contribution in [0.3, 0.4) is 0 Å². The van der Waals surface area contributed by atoms with Gasteiger partial charge >= 0.3 is 0 Å². The number of aromatic nitrogens is 1. The molecule has 0 saturated carbocycles. The van der Waals surface area contributed by atoms with Gasteiger partial charge in [-0.2, -0.15) is 0 Å². The molecular formula is C14H9ClFN3OS. The number of amides is 1. The monoisotopic (exact) mass is 321 g/mol. The number of fused-ring (bicyclic) bond motifs is 1. The fourth-order valence-electron chi connectivity index (χ4n) is 1.88. The van der Waals surface area contributed by atoms with Gasteiger partial charge in [-0.3, -0.25) is 4.79 Å². The number of nitrogen functional groups attached to an aromatic ring is 1. The first kappa shape index (κ1) is 13.8. The molecule has 1 heterocycles. The van der Waals surface area contributed by atoms with Crippen molar-refractivity contribution in [3.63, 3.8) is 0 Å². The largest absolute Gasteiger partial charge is 0.396 e. The van der Waals surface area contributed by atoms with Gasteiger partial charge in [0.05, 0.1) is 26.6 Å². The van der Waals surface area contributed by atoms with Crippen molar-refractivity contribution in [2.45, 2.75) is 0 Å². The number of nitrogens with one attached hydrogen (secondary N) is 1. The summed E-state index contributed by atoms with van der Waals surface area (Å²) in [5.41, 5.74) is 8.23. The minimum Gasteiger partial charge on any atom is -0.396 e. The highest BCUT2D eigenvalue weighted by Gasteiger charge is 2.14. The molecule has 21 heavy (non-hydrogen) atoms. The Labute approximate surface area is 128 Å². The first-order chi connectivity index (χ1) is 10.1. The number of nitrogens with two attached hydrogens (primary N) is 1. The number of carbonyl (C=O) groups excluding carboxylic acids is 1. The molecule has 1 amide bonds. The zero-order valence-corrected chi connectivity index (χ0v) is 12.1. The van der Waals surface area contributed by atoms with Crippen molar-refractivity contribution in [1.29, 1.82) is 0 Å². The van der Waals surface area contributed by atoms with Crippen LogP contribution in [0.1, 0.15) is 10.4 Å². The van der Waals surface area contributed by atoms with E-state index in [2.05, 4.69) is 10.3 Å². The number of hydrogen-bond acceptors (Lipinski definition) is 4. The third-order valence-corrected chi connectivity index (χ3v) is 4.06. The summed E-state index contributed by atoms with van der Waals surface area (Å²) in [4.78, 5) is 16.4. The van der Waals surface area contributed by atoms with Crippen molar-refractivity contribution in [2.75, 3.05) is 11.1 Å². The van der Waals surface area contributed by atoms with Gasteiger partial charge < -0.3 is 11.1 Å². The Hall–Kier alpha value is -2.18. The van der Waals surface area contributed by atoms with Crippen molar-refractivity contribution in [3.8, 4) is 0 Å². The highest BCUT2D eigenvalue weighted by molar-refractivity contribution is 7.16. The maximum Gasteiger partial charge on any atom is 0.255 e. The van der Waals surface area contributed by atoms with E-state index >= 15 is 0 Å². The van der Waals surface area contributed by atoms with Crippen LogP contribution in [-0.2, 0) is 0 Å². The Kier molecular flexibility index (Phi) is 3.48. The molecule has 0 spiro atoms. The lowest BCUT2D eigenvalue weighted by Crippen LogP contribution is -2.13. The summed E-state index contributed by atoms with van der Waals surface area (Å²) < 4.78 is 14.3. The minimum atomic E-state index is -0.638. The molecule has 0 saturated heterocycles. The van der Waals surface area contributed by atoms with Crippen molar-refractivity contribution in [3.05, 3.63) is 52.2 Å². The Morgan fingerprint density at radius 1 is 1.33 bits per heavy atom. The molecule has 0 unspecified atom stereocenters. The van der Waals surface area contributed by atoms with E-state index in [1.165, 1.54) is 23.5 Å². The van der Waals surface area contributed by atoms with E-state index in [1.54, 1.807) is 11.6 Å². The number of hydrogen-bond donors (Lipinski definition) is 2. The van der Waals surface area contributed by atoms with Gasteiger partial charge in [-0.25, -0.2) is 9.37 Å². The maximum absolute atomic E-state index is 13.4. The second-order valence-electron chi connectivity index (χ2n) is 4.31. The van der Waals surface area contributed by atoms with E-state index in [1.807, 2.05) is 6.07 Å². The number of benzene rings is 2. The summed E-state index contributed by atoms with van der Waals surface area (Å²) >= 11 is 7.54. The highest BCUT2D eigenvalue weighted by atomic mass is 35.5. The molecule has 2 aromatic carbocycles. The first-order valence-electron chi connectivity index (χ1n) is 5.94. The van der Waals surface area contributed by atoms with Gasteiger partial charge in [-0.1, -0.05) is 11.6 Å². The number of anilines is 2. The molecule has 4 nitrogen and oxygen atoms in total. The molecule has 3 rings (SSSR count). The number of rotatable bonds is 2. The molecule has 0 aliphatic rings. The molecule has 0 aliphatic carbocycles. The summed E-state index contributed by atoms with van der Waals surface area (Å²) in [7, 11) is 0. The topological polar surface area (TPSA) is 68.0 Å². The standard InChI is InChI=1S/C14H9ClFN3OS/c15-8-2-4-11-13(18-6-21-11)12(8)19-14(20)7-1-3-10(17)9(16)5-7/h1-6H,17H2,(H,19,20). The minimum absolute atomic E-state index is 0.00816. The second-order valence-corrected chi connectivity index (χ2v) is 5.61. The first-order valence-corrected chi connectivity index (χ1v) is 7.20. The van der Waals surface area contributed by atoms with Crippen LogP contribution in [0.15, 0.2) is 35.8 Å². The lowest BCUT2D eigenvalue weighted by Gasteiger charge is -2.08. The van der Waals surface area contributed by atoms with Gasteiger partial charge in [0.15, 0.2) is 0 Å². The fourth-order valence-corrected chi connectivity index (χ4v) is 2.76. The fraction of sp³-hybridized carbons (Fsp3) is 0. The third kappa shape index (κ3) is 2.55. The lowest BCUT2D eigenvalue weighted by atomic mass is 10.1. The third-order valence-electron chi connectivity index (χ3n) is 2.95. The van der Waals surface area contributed by atoms with Crippen LogP contribution in [0, 0.1) is 5.82 Å². The van der Waals surface area contributed by atoms with Crippen LogP contribution >= 0.6 is 22.9 Å². The van der Waals surface area contributed by atoms with E-state index in [0.717, 1.165) is 10.8 Å². The predicted molar refractivity (Wildman–Crippen MR) is 83.4 cm³/mol. The Bertz CT molecular complexity index is 849. The SMILES string of the molecule is Nc1ccc(C(=O)Nc2c(Cl)ccc3scnc23)cc1F. The van der Waals surface area contributed by atoms with E-state index in [4.69, 9.17) is 17.3 Å². The number of nitrogens with zero attached hydrogens (tertiary/aromatic N) is 1. The molecule has 0 radical (unpaired) electrons. The van der Waals surface area contributed by atoms with Crippen LogP contribution in [0.4, 0.5) is 15.8 Å². The summed E-state index contributed by atoms with van der Waals surface area (Å²) in [5, 5.41) is 3.04. The van der Waals surface area contributed by atoms with Crippen molar-refractivity contribution < 1.29 is 9.18 Å². The zero-order valence-electron chi connectivity index (χ0n) is 10.6. The molecule has 3 aromatic rings. The second kappa shape index (κ2) is 5.31. The van der Waals surface area contributed by atoms with E-state index in [9.17, 15) is 9.18 Å². The summed E-state index contributed by atoms with van der Waals surface area (Å²) in [6.45, 7) is 0. The number of carbonyl (C=O) groups is 1. The van der Waals surface area contributed by atoms with Gasteiger partial charge in [-0.05, 0) is 30.3 Å². The summed E-state index contributed by atoms with van der Waals surface area (Å²) in [6.07, 6.45) is 0. The molecule has 0 fully saturated rings. The molecule has 3 N–H and O–H groups in total. The Balaban J connectivity index is 1.98. The van der Waals surface area contributed by atoms with Crippen molar-refractivity contribution >= 4 is 50.4 Å². The molecule has 0 aliphatic heterocycles. The highest BCUT2D eigenvalue weighted by Crippen LogP contribution is 2.32. The summed E-state index contributed by atoms with van der Waals surface area (Å²) in [5.74, 6) is -1.11. The van der Waals surface area contributed by atoms with Crippen molar-refractivity contribution in [1.82, 2.24) is 4.98 Å². The Morgan fingerprint density at radius 2 is 2.14 bits per heavy atom. The molecule has 7 heteroatoms. The van der Waals surface area contributed by atoms with Gasteiger partial charge in [0.1, 0.15) is 11.3 Å². The number of thiazole rings is 1. The van der Waals surface area contributed by atoms with Crippen LogP contribution in [-0.4, -0.2) is 10.9 Å². The average Bonchev–Trinajstić information content (AvgIpc) is 2.93. The van der Waals surface area contributed by atoms with Crippen LogP contribution in [0.2, 0.25) is 5.02 Å². The lowest BCUT2D eigenvalue weighted by molar-refractivity contribution is 0.102. The van der Waals surface area contributed by atoms with Crippen molar-refractivity contribution in [2.24, 2.45) is 0 Å². The van der Waals surface area contributed by atoms with Gasteiger partial charge in [0, 0.05) is 5.56 Å². The van der Waals surface area contributed by atoms with Crippen LogP contribution in [0.25, 0.3) is 10.2 Å². The zero-order chi connectivity index (χ0) is 15.0. The molecule has 0 atom stereocenters. The van der Waals surface area contributed by atoms with Gasteiger partial charge in [0.2, 0.25) is 0 Å². The van der Waals surface area contributed by atoms with Crippen LogP contribution < -0.4 is 11.1 Å². The van der Waals surface area contributed by atoms with Gasteiger partial charge in [0.25, 0.3) is 5.91 Å². The molecular weight excluding hydrogens is 313 g/mol. The normalized spacial score (nSPS) is 10.8. The number of halogens is 2. The van der Waals surface area contributed by atoms with E-state index in [-0.39, 0.29) is 11.3 Å². The van der Waals surface area contributed by atoms with Gasteiger partial charge in [-0.15, -0.1) is 11.3 Å². The molecule has 106 valence electrons. The maximum atomic E-state index is 13.4.